The Hall–Kier alpha value is -1.10. The first-order chi connectivity index (χ1) is 8.21. The molecule has 4 heteroatoms. The van der Waals surface area contributed by atoms with Crippen molar-refractivity contribution in [3.05, 3.63) is 29.3 Å². The number of methoxy groups -OCH3 is 1. The number of rotatable bonds is 7. The van der Waals surface area contributed by atoms with E-state index >= 15 is 0 Å². The van der Waals surface area contributed by atoms with E-state index in [1.54, 1.807) is 7.11 Å². The van der Waals surface area contributed by atoms with Crippen LogP contribution in [-0.4, -0.2) is 48.5 Å². The van der Waals surface area contributed by atoms with Gasteiger partial charge in [0.05, 0.1) is 20.3 Å². The van der Waals surface area contributed by atoms with Gasteiger partial charge in [0.2, 0.25) is 0 Å². The molecule has 0 amide bonds. The lowest BCUT2D eigenvalue weighted by molar-refractivity contribution is 0.155. The minimum Gasteiger partial charge on any atom is -0.496 e. The fourth-order valence-electron chi connectivity index (χ4n) is 1.82. The van der Waals surface area contributed by atoms with Crippen LogP contribution in [0.15, 0.2) is 18.2 Å². The van der Waals surface area contributed by atoms with Gasteiger partial charge in [-0.2, -0.15) is 0 Å². The van der Waals surface area contributed by atoms with Crippen LogP contribution in [0.2, 0.25) is 0 Å². The Morgan fingerprint density at radius 3 is 2.35 bits per heavy atom. The number of aliphatic hydroxyl groups excluding tert-OH is 2. The quantitative estimate of drug-likeness (QED) is 0.738. The summed E-state index contributed by atoms with van der Waals surface area (Å²) in [5.74, 6) is 0.844. The molecule has 4 nitrogen and oxygen atoms in total. The normalized spacial score (nSPS) is 10.9. The Balaban J connectivity index is 2.79. The summed E-state index contributed by atoms with van der Waals surface area (Å²) in [5, 5.41) is 17.9. The molecule has 0 fully saturated rings. The maximum absolute atomic E-state index is 8.97. The lowest BCUT2D eigenvalue weighted by Gasteiger charge is -2.21. The van der Waals surface area contributed by atoms with Gasteiger partial charge >= 0.3 is 0 Å². The first-order valence-corrected chi connectivity index (χ1v) is 5.79. The van der Waals surface area contributed by atoms with E-state index < -0.39 is 0 Å². The van der Waals surface area contributed by atoms with Gasteiger partial charge in [0.15, 0.2) is 0 Å². The largest absolute Gasteiger partial charge is 0.496 e. The highest BCUT2D eigenvalue weighted by molar-refractivity contribution is 5.36. The van der Waals surface area contributed by atoms with Crippen molar-refractivity contribution in [2.45, 2.75) is 13.5 Å². The van der Waals surface area contributed by atoms with Crippen molar-refractivity contribution in [2.24, 2.45) is 0 Å². The third kappa shape index (κ3) is 4.34. The number of aryl methyl sites for hydroxylation is 1. The lowest BCUT2D eigenvalue weighted by atomic mass is 10.1. The van der Waals surface area contributed by atoms with Gasteiger partial charge in [0.25, 0.3) is 0 Å². The molecule has 0 radical (unpaired) electrons. The van der Waals surface area contributed by atoms with Crippen LogP contribution >= 0.6 is 0 Å². The fourth-order valence-corrected chi connectivity index (χ4v) is 1.82. The van der Waals surface area contributed by atoms with Crippen molar-refractivity contribution in [1.29, 1.82) is 0 Å². The van der Waals surface area contributed by atoms with Crippen LogP contribution in [0.4, 0.5) is 0 Å². The summed E-state index contributed by atoms with van der Waals surface area (Å²) in [6.07, 6.45) is 0. The van der Waals surface area contributed by atoms with Crippen LogP contribution < -0.4 is 4.74 Å². The Morgan fingerprint density at radius 2 is 1.82 bits per heavy atom. The van der Waals surface area contributed by atoms with Gasteiger partial charge in [0.1, 0.15) is 5.75 Å². The molecule has 0 saturated heterocycles. The lowest BCUT2D eigenvalue weighted by Crippen LogP contribution is -2.29. The van der Waals surface area contributed by atoms with Crippen molar-refractivity contribution >= 4 is 0 Å². The van der Waals surface area contributed by atoms with Crippen molar-refractivity contribution in [3.8, 4) is 5.75 Å². The van der Waals surface area contributed by atoms with Crippen LogP contribution in [0.25, 0.3) is 0 Å². The molecular formula is C13H21NO3. The second-order valence-corrected chi connectivity index (χ2v) is 4.04. The SMILES string of the molecule is COc1ccc(C)cc1CN(CCO)CCO. The predicted octanol–water partition coefficient (Wildman–Crippen LogP) is 0.790. The van der Waals surface area contributed by atoms with E-state index in [0.29, 0.717) is 19.6 Å². The van der Waals surface area contributed by atoms with E-state index in [2.05, 4.69) is 6.07 Å². The van der Waals surface area contributed by atoms with Crippen molar-refractivity contribution < 1.29 is 14.9 Å². The molecule has 0 bridgehead atoms. The van der Waals surface area contributed by atoms with Gasteiger partial charge in [0, 0.05) is 25.2 Å². The summed E-state index contributed by atoms with van der Waals surface area (Å²) < 4.78 is 5.31. The molecule has 0 aliphatic heterocycles. The van der Waals surface area contributed by atoms with E-state index in [0.717, 1.165) is 11.3 Å². The molecule has 0 aliphatic rings. The summed E-state index contributed by atoms with van der Waals surface area (Å²) >= 11 is 0. The highest BCUT2D eigenvalue weighted by atomic mass is 16.5. The molecule has 0 saturated carbocycles. The van der Waals surface area contributed by atoms with Gasteiger partial charge in [-0.15, -0.1) is 0 Å². The van der Waals surface area contributed by atoms with Crippen LogP contribution in [0.1, 0.15) is 11.1 Å². The molecule has 1 aromatic rings. The predicted molar refractivity (Wildman–Crippen MR) is 67.2 cm³/mol. The second-order valence-electron chi connectivity index (χ2n) is 4.04. The number of hydrogen-bond acceptors (Lipinski definition) is 4. The standard InChI is InChI=1S/C13H21NO3/c1-11-3-4-13(17-2)12(9-11)10-14(5-7-15)6-8-16/h3-4,9,15-16H,5-8,10H2,1-2H3. The first-order valence-electron chi connectivity index (χ1n) is 5.79. The van der Waals surface area contributed by atoms with E-state index in [9.17, 15) is 0 Å². The molecule has 0 spiro atoms. The topological polar surface area (TPSA) is 52.9 Å². The first kappa shape index (κ1) is 14.0. The Morgan fingerprint density at radius 1 is 1.18 bits per heavy atom. The highest BCUT2D eigenvalue weighted by Crippen LogP contribution is 2.21. The highest BCUT2D eigenvalue weighted by Gasteiger charge is 2.09. The molecule has 0 unspecified atom stereocenters. The summed E-state index contributed by atoms with van der Waals surface area (Å²) in [6, 6.07) is 6.02. The van der Waals surface area contributed by atoms with Crippen molar-refractivity contribution in [2.75, 3.05) is 33.4 Å². The molecule has 1 aromatic carbocycles. The summed E-state index contributed by atoms with van der Waals surface area (Å²) in [4.78, 5) is 2.00. The molecule has 96 valence electrons. The van der Waals surface area contributed by atoms with E-state index in [1.165, 1.54) is 5.56 Å². The molecule has 0 aromatic heterocycles. The minimum atomic E-state index is 0.0914. The third-order valence-corrected chi connectivity index (χ3v) is 2.66. The van der Waals surface area contributed by atoms with E-state index in [1.807, 2.05) is 24.0 Å². The van der Waals surface area contributed by atoms with Gasteiger partial charge in [-0.1, -0.05) is 17.7 Å². The molecular weight excluding hydrogens is 218 g/mol. The molecule has 0 atom stereocenters. The molecule has 17 heavy (non-hydrogen) atoms. The van der Waals surface area contributed by atoms with E-state index in [-0.39, 0.29) is 13.2 Å². The Labute approximate surface area is 102 Å². The van der Waals surface area contributed by atoms with Gasteiger partial charge in [-0.3, -0.25) is 4.90 Å². The van der Waals surface area contributed by atoms with Crippen molar-refractivity contribution in [3.63, 3.8) is 0 Å². The Bertz CT molecular complexity index is 335. The van der Waals surface area contributed by atoms with Crippen LogP contribution in [0, 0.1) is 6.92 Å². The summed E-state index contributed by atoms with van der Waals surface area (Å²) in [7, 11) is 1.65. The molecule has 0 aliphatic carbocycles. The fraction of sp³-hybridized carbons (Fsp3) is 0.538. The monoisotopic (exact) mass is 239 g/mol. The zero-order valence-corrected chi connectivity index (χ0v) is 10.5. The zero-order chi connectivity index (χ0) is 12.7. The molecule has 1 rings (SSSR count). The third-order valence-electron chi connectivity index (χ3n) is 2.66. The average Bonchev–Trinajstić information content (AvgIpc) is 2.30. The Kier molecular flexibility index (Phi) is 5.97. The van der Waals surface area contributed by atoms with Crippen LogP contribution in [0.5, 0.6) is 5.75 Å². The average molecular weight is 239 g/mol. The second kappa shape index (κ2) is 7.27. The van der Waals surface area contributed by atoms with Crippen LogP contribution in [-0.2, 0) is 6.54 Å². The maximum Gasteiger partial charge on any atom is 0.123 e. The van der Waals surface area contributed by atoms with E-state index in [4.69, 9.17) is 14.9 Å². The van der Waals surface area contributed by atoms with Gasteiger partial charge in [-0.25, -0.2) is 0 Å². The molecule has 2 N–H and O–H groups in total. The van der Waals surface area contributed by atoms with Gasteiger partial charge < -0.3 is 14.9 Å². The van der Waals surface area contributed by atoms with Crippen molar-refractivity contribution in [1.82, 2.24) is 4.90 Å². The number of aliphatic hydroxyl groups is 2. The zero-order valence-electron chi connectivity index (χ0n) is 10.5. The maximum atomic E-state index is 8.97. The number of nitrogens with zero attached hydrogens (tertiary/aromatic N) is 1. The molecule has 0 heterocycles. The smallest absolute Gasteiger partial charge is 0.123 e. The summed E-state index contributed by atoms with van der Waals surface area (Å²) in [5.41, 5.74) is 2.25. The number of ether oxygens (including phenoxy) is 1. The summed E-state index contributed by atoms with van der Waals surface area (Å²) in [6.45, 7) is 3.99. The number of benzene rings is 1. The van der Waals surface area contributed by atoms with Crippen LogP contribution in [0.3, 0.4) is 0 Å². The van der Waals surface area contributed by atoms with Gasteiger partial charge in [-0.05, 0) is 13.0 Å². The minimum absolute atomic E-state index is 0.0914. The number of hydrogen-bond donors (Lipinski definition) is 2.